The van der Waals surface area contributed by atoms with Crippen LogP contribution in [0.5, 0.6) is 0 Å². The van der Waals surface area contributed by atoms with Crippen LogP contribution in [0.1, 0.15) is 10.4 Å². The summed E-state index contributed by atoms with van der Waals surface area (Å²) >= 11 is 5.95. The van der Waals surface area contributed by atoms with E-state index in [1.165, 1.54) is 0 Å². The lowest BCUT2D eigenvalue weighted by atomic mass is 10.3. The van der Waals surface area contributed by atoms with Gasteiger partial charge < -0.3 is 5.11 Å². The van der Waals surface area contributed by atoms with Gasteiger partial charge in [0.1, 0.15) is 4.34 Å². The Balaban J connectivity index is 3.15. The average Bonchev–Trinajstić information content (AvgIpc) is 2.10. The SMILES string of the molecule is O=C(O)c1cc(F)sc1Cl. The summed E-state index contributed by atoms with van der Waals surface area (Å²) in [6.45, 7) is 0. The molecule has 2 nitrogen and oxygen atoms in total. The van der Waals surface area contributed by atoms with Gasteiger partial charge in [-0.25, -0.2) is 4.79 Å². The van der Waals surface area contributed by atoms with E-state index < -0.39 is 11.1 Å². The molecule has 0 radical (unpaired) electrons. The molecule has 0 fully saturated rings. The molecule has 0 amide bonds. The molecule has 0 bridgehead atoms. The number of aromatic carboxylic acids is 1. The summed E-state index contributed by atoms with van der Waals surface area (Å²) in [7, 11) is 0. The first kappa shape index (κ1) is 7.50. The van der Waals surface area contributed by atoms with Gasteiger partial charge in [-0.15, -0.1) is 0 Å². The zero-order chi connectivity index (χ0) is 7.72. The topological polar surface area (TPSA) is 37.3 Å². The Kier molecular flexibility index (Phi) is 1.92. The molecule has 5 heteroatoms. The highest BCUT2D eigenvalue weighted by Crippen LogP contribution is 2.25. The standard InChI is InChI=1S/C5H2ClFO2S/c6-4-2(5(8)9)1-3(7)10-4/h1H,(H,8,9). The van der Waals surface area contributed by atoms with Crippen LogP contribution in [0.25, 0.3) is 0 Å². The maximum absolute atomic E-state index is 12.2. The molecule has 0 saturated heterocycles. The third-order valence-corrected chi connectivity index (χ3v) is 2.03. The maximum Gasteiger partial charge on any atom is 0.338 e. The summed E-state index contributed by atoms with van der Waals surface area (Å²) in [6.07, 6.45) is 0. The minimum absolute atomic E-state index is 0.0231. The Morgan fingerprint density at radius 3 is 2.60 bits per heavy atom. The molecule has 0 aliphatic carbocycles. The van der Waals surface area contributed by atoms with Crippen molar-refractivity contribution in [3.63, 3.8) is 0 Å². The second-order valence-corrected chi connectivity index (χ2v) is 3.15. The average molecular weight is 181 g/mol. The van der Waals surface area contributed by atoms with E-state index in [1.807, 2.05) is 0 Å². The largest absolute Gasteiger partial charge is 0.478 e. The van der Waals surface area contributed by atoms with Crippen LogP contribution >= 0.6 is 22.9 Å². The van der Waals surface area contributed by atoms with Crippen LogP contribution in [-0.4, -0.2) is 11.1 Å². The van der Waals surface area contributed by atoms with E-state index in [0.29, 0.717) is 11.3 Å². The van der Waals surface area contributed by atoms with Crippen LogP contribution in [-0.2, 0) is 0 Å². The molecule has 54 valence electrons. The van der Waals surface area contributed by atoms with E-state index in [9.17, 15) is 9.18 Å². The van der Waals surface area contributed by atoms with Gasteiger partial charge in [0, 0.05) is 6.07 Å². The van der Waals surface area contributed by atoms with E-state index in [2.05, 4.69) is 0 Å². The van der Waals surface area contributed by atoms with Gasteiger partial charge in [-0.3, -0.25) is 0 Å². The molecule has 0 aliphatic heterocycles. The molecule has 1 aromatic rings. The molecular weight excluding hydrogens is 179 g/mol. The normalized spacial score (nSPS) is 9.80. The first-order valence-electron chi connectivity index (χ1n) is 2.29. The number of carboxylic acids is 1. The van der Waals surface area contributed by atoms with Crippen molar-refractivity contribution < 1.29 is 14.3 Å². The number of rotatable bonds is 1. The highest BCUT2D eigenvalue weighted by atomic mass is 35.5. The predicted molar refractivity (Wildman–Crippen MR) is 36.2 cm³/mol. The lowest BCUT2D eigenvalue weighted by Gasteiger charge is -1.83. The Hall–Kier alpha value is -0.610. The number of thiophene rings is 1. The zero-order valence-electron chi connectivity index (χ0n) is 4.60. The monoisotopic (exact) mass is 180 g/mol. The van der Waals surface area contributed by atoms with Crippen LogP contribution in [0.2, 0.25) is 4.34 Å². The molecule has 1 heterocycles. The van der Waals surface area contributed by atoms with Crippen molar-refractivity contribution in [2.75, 3.05) is 0 Å². The van der Waals surface area contributed by atoms with Crippen molar-refractivity contribution in [3.05, 3.63) is 21.1 Å². The van der Waals surface area contributed by atoms with Crippen LogP contribution in [0.4, 0.5) is 4.39 Å². The summed E-state index contributed by atoms with van der Waals surface area (Å²) in [5, 5.41) is 7.75. The third kappa shape index (κ3) is 1.27. The molecule has 0 aliphatic rings. The summed E-state index contributed by atoms with van der Waals surface area (Å²) in [4.78, 5) is 10.2. The number of hydrogen-bond donors (Lipinski definition) is 1. The minimum Gasteiger partial charge on any atom is -0.478 e. The van der Waals surface area contributed by atoms with E-state index in [1.54, 1.807) is 0 Å². The fraction of sp³-hybridized carbons (Fsp3) is 0. The van der Waals surface area contributed by atoms with Gasteiger partial charge in [0.2, 0.25) is 0 Å². The molecule has 0 atom stereocenters. The lowest BCUT2D eigenvalue weighted by molar-refractivity contribution is 0.0697. The quantitative estimate of drug-likeness (QED) is 0.720. The fourth-order valence-electron chi connectivity index (χ4n) is 0.486. The van der Waals surface area contributed by atoms with E-state index in [-0.39, 0.29) is 9.90 Å². The summed E-state index contributed by atoms with van der Waals surface area (Å²) in [6, 6.07) is 0.898. The van der Waals surface area contributed by atoms with Crippen molar-refractivity contribution in [3.8, 4) is 0 Å². The van der Waals surface area contributed by atoms with Crippen molar-refractivity contribution in [1.82, 2.24) is 0 Å². The van der Waals surface area contributed by atoms with Gasteiger partial charge in [0.15, 0.2) is 5.13 Å². The second kappa shape index (κ2) is 2.56. The minimum atomic E-state index is -1.20. The molecule has 0 spiro atoms. The van der Waals surface area contributed by atoms with Gasteiger partial charge in [0.25, 0.3) is 0 Å². The summed E-state index contributed by atoms with van der Waals surface area (Å²) in [5.74, 6) is -1.20. The maximum atomic E-state index is 12.2. The Morgan fingerprint density at radius 2 is 2.40 bits per heavy atom. The fourth-order valence-corrected chi connectivity index (χ4v) is 1.45. The molecule has 0 saturated carbocycles. The molecule has 1 N–H and O–H groups in total. The highest BCUT2D eigenvalue weighted by molar-refractivity contribution is 7.15. The van der Waals surface area contributed by atoms with Crippen molar-refractivity contribution in [2.24, 2.45) is 0 Å². The Labute approximate surface area is 64.9 Å². The van der Waals surface area contributed by atoms with Gasteiger partial charge in [0.05, 0.1) is 5.56 Å². The van der Waals surface area contributed by atoms with Gasteiger partial charge in [-0.1, -0.05) is 22.9 Å². The van der Waals surface area contributed by atoms with Crippen LogP contribution in [0, 0.1) is 5.13 Å². The molecular formula is C5H2ClFO2S. The van der Waals surface area contributed by atoms with Gasteiger partial charge in [-0.2, -0.15) is 4.39 Å². The molecule has 10 heavy (non-hydrogen) atoms. The van der Waals surface area contributed by atoms with E-state index in [0.717, 1.165) is 6.07 Å². The van der Waals surface area contributed by atoms with Crippen LogP contribution in [0.3, 0.4) is 0 Å². The molecule has 1 rings (SSSR count). The molecule has 0 unspecified atom stereocenters. The zero-order valence-corrected chi connectivity index (χ0v) is 6.17. The first-order chi connectivity index (χ1) is 4.61. The number of halogens is 2. The van der Waals surface area contributed by atoms with Crippen molar-refractivity contribution in [2.45, 2.75) is 0 Å². The second-order valence-electron chi connectivity index (χ2n) is 1.54. The number of hydrogen-bond acceptors (Lipinski definition) is 2. The summed E-state index contributed by atoms with van der Waals surface area (Å²) < 4.78 is 12.2. The van der Waals surface area contributed by atoms with Crippen molar-refractivity contribution >= 4 is 28.9 Å². The first-order valence-corrected chi connectivity index (χ1v) is 3.49. The smallest absolute Gasteiger partial charge is 0.338 e. The highest BCUT2D eigenvalue weighted by Gasteiger charge is 2.12. The Bertz CT molecular complexity index is 271. The summed E-state index contributed by atoms with van der Waals surface area (Å²) in [5.41, 5.74) is -0.177. The van der Waals surface area contributed by atoms with Gasteiger partial charge >= 0.3 is 5.97 Å². The third-order valence-electron chi connectivity index (χ3n) is 0.887. The number of carbonyl (C=O) groups is 1. The van der Waals surface area contributed by atoms with Crippen molar-refractivity contribution in [1.29, 1.82) is 0 Å². The Morgan fingerprint density at radius 1 is 1.80 bits per heavy atom. The molecule has 1 aromatic heterocycles. The molecule has 0 aromatic carbocycles. The van der Waals surface area contributed by atoms with E-state index >= 15 is 0 Å². The lowest BCUT2D eigenvalue weighted by Crippen LogP contribution is -1.92. The predicted octanol–water partition coefficient (Wildman–Crippen LogP) is 2.24. The van der Waals surface area contributed by atoms with Crippen LogP contribution in [0.15, 0.2) is 6.07 Å². The van der Waals surface area contributed by atoms with Gasteiger partial charge in [-0.05, 0) is 0 Å². The van der Waals surface area contributed by atoms with Crippen LogP contribution < -0.4 is 0 Å². The number of carboxylic acid groups (broad SMARTS) is 1. The van der Waals surface area contributed by atoms with E-state index in [4.69, 9.17) is 16.7 Å².